The second-order valence-electron chi connectivity index (χ2n) is 2.56. The normalized spacial score (nSPS) is 9.93. The first-order chi connectivity index (χ1) is 6.63. The fourth-order valence-electron chi connectivity index (χ4n) is 0.913. The number of hydrogen-bond acceptors (Lipinski definition) is 3. The summed E-state index contributed by atoms with van der Waals surface area (Å²) in [5.74, 6) is -0.283. The molecule has 3 nitrogen and oxygen atoms in total. The summed E-state index contributed by atoms with van der Waals surface area (Å²) in [6, 6.07) is 3.39. The SMILES string of the molecule is CCOC(=O)Cc1ccc(Cl)c(Br)n1. The maximum absolute atomic E-state index is 11.1. The lowest BCUT2D eigenvalue weighted by atomic mass is 10.3. The first-order valence-electron chi connectivity index (χ1n) is 4.10. The zero-order valence-corrected chi connectivity index (χ0v) is 9.93. The van der Waals surface area contributed by atoms with Crippen LogP contribution in [0.25, 0.3) is 0 Å². The van der Waals surface area contributed by atoms with Crippen LogP contribution in [0.15, 0.2) is 16.7 Å². The average molecular weight is 279 g/mol. The summed E-state index contributed by atoms with van der Waals surface area (Å²) in [6.07, 6.45) is 0.170. The van der Waals surface area contributed by atoms with Crippen LogP contribution in [0.1, 0.15) is 12.6 Å². The standard InChI is InChI=1S/C9H9BrClNO2/c1-2-14-8(13)5-6-3-4-7(11)9(10)12-6/h3-4H,2,5H2,1H3. The first-order valence-corrected chi connectivity index (χ1v) is 5.27. The van der Waals surface area contributed by atoms with E-state index < -0.39 is 0 Å². The molecule has 0 saturated carbocycles. The van der Waals surface area contributed by atoms with E-state index in [9.17, 15) is 4.79 Å². The zero-order valence-electron chi connectivity index (χ0n) is 7.59. The van der Waals surface area contributed by atoms with Gasteiger partial charge in [0.15, 0.2) is 0 Å². The highest BCUT2D eigenvalue weighted by atomic mass is 79.9. The van der Waals surface area contributed by atoms with Gasteiger partial charge in [-0.2, -0.15) is 0 Å². The molecule has 0 bridgehead atoms. The molecule has 0 N–H and O–H groups in total. The van der Waals surface area contributed by atoms with Gasteiger partial charge < -0.3 is 4.74 Å². The minimum Gasteiger partial charge on any atom is -0.466 e. The predicted octanol–water partition coefficient (Wildman–Crippen LogP) is 2.60. The van der Waals surface area contributed by atoms with Crippen LogP contribution < -0.4 is 0 Å². The third-order valence-corrected chi connectivity index (χ3v) is 2.63. The molecule has 0 radical (unpaired) electrons. The summed E-state index contributed by atoms with van der Waals surface area (Å²) in [7, 11) is 0. The Bertz CT molecular complexity index is 344. The van der Waals surface area contributed by atoms with E-state index in [1.807, 2.05) is 0 Å². The van der Waals surface area contributed by atoms with Crippen molar-refractivity contribution in [1.29, 1.82) is 0 Å². The van der Waals surface area contributed by atoms with Crippen LogP contribution in [0.5, 0.6) is 0 Å². The first kappa shape index (κ1) is 11.5. The number of hydrogen-bond donors (Lipinski definition) is 0. The number of halogens is 2. The topological polar surface area (TPSA) is 39.2 Å². The monoisotopic (exact) mass is 277 g/mol. The van der Waals surface area contributed by atoms with E-state index in [0.717, 1.165) is 0 Å². The zero-order chi connectivity index (χ0) is 10.6. The van der Waals surface area contributed by atoms with Gasteiger partial charge in [-0.15, -0.1) is 0 Å². The van der Waals surface area contributed by atoms with Crippen LogP contribution in [-0.4, -0.2) is 17.6 Å². The molecule has 0 aliphatic carbocycles. The Kier molecular flexibility index (Phi) is 4.35. The molecule has 0 aliphatic heterocycles. The van der Waals surface area contributed by atoms with Gasteiger partial charge in [0.2, 0.25) is 0 Å². The van der Waals surface area contributed by atoms with Crippen LogP contribution >= 0.6 is 27.5 Å². The summed E-state index contributed by atoms with van der Waals surface area (Å²) >= 11 is 8.93. The molecule has 1 aromatic heterocycles. The highest BCUT2D eigenvalue weighted by Gasteiger charge is 2.06. The lowest BCUT2D eigenvalue weighted by molar-refractivity contribution is -0.142. The van der Waals surface area contributed by atoms with Crippen molar-refractivity contribution in [2.24, 2.45) is 0 Å². The Morgan fingerprint density at radius 2 is 2.36 bits per heavy atom. The quantitative estimate of drug-likeness (QED) is 0.630. The van der Waals surface area contributed by atoms with Gasteiger partial charge in [0.1, 0.15) is 4.60 Å². The summed E-state index contributed by atoms with van der Waals surface area (Å²) in [4.78, 5) is 15.2. The lowest BCUT2D eigenvalue weighted by Gasteiger charge is -2.02. The number of pyridine rings is 1. The second-order valence-corrected chi connectivity index (χ2v) is 3.72. The molecule has 76 valence electrons. The van der Waals surface area contributed by atoms with E-state index in [4.69, 9.17) is 16.3 Å². The van der Waals surface area contributed by atoms with Gasteiger partial charge in [-0.3, -0.25) is 4.79 Å². The molecule has 14 heavy (non-hydrogen) atoms. The summed E-state index contributed by atoms with van der Waals surface area (Å²) < 4.78 is 5.33. The number of carbonyl (C=O) groups excluding carboxylic acids is 1. The van der Waals surface area contributed by atoms with E-state index in [1.165, 1.54) is 0 Å². The van der Waals surface area contributed by atoms with Gasteiger partial charge >= 0.3 is 5.97 Å². The van der Waals surface area contributed by atoms with Crippen molar-refractivity contribution in [2.45, 2.75) is 13.3 Å². The van der Waals surface area contributed by atoms with Gasteiger partial charge in [0.05, 0.1) is 23.7 Å². The fraction of sp³-hybridized carbons (Fsp3) is 0.333. The van der Waals surface area contributed by atoms with Crippen molar-refractivity contribution in [3.63, 3.8) is 0 Å². The molecule has 0 fully saturated rings. The van der Waals surface area contributed by atoms with Crippen molar-refractivity contribution in [2.75, 3.05) is 6.61 Å². The van der Waals surface area contributed by atoms with Crippen LogP contribution in [-0.2, 0) is 16.0 Å². The maximum Gasteiger partial charge on any atom is 0.311 e. The van der Waals surface area contributed by atoms with Gasteiger partial charge in [-0.25, -0.2) is 4.98 Å². The molecule has 0 atom stereocenters. The van der Waals surface area contributed by atoms with Crippen LogP contribution in [0.4, 0.5) is 0 Å². The number of ether oxygens (including phenoxy) is 1. The van der Waals surface area contributed by atoms with Crippen molar-refractivity contribution < 1.29 is 9.53 Å². The smallest absolute Gasteiger partial charge is 0.311 e. The summed E-state index contributed by atoms with van der Waals surface area (Å²) in [5.41, 5.74) is 0.639. The second kappa shape index (κ2) is 5.32. The molecular formula is C9H9BrClNO2. The highest BCUT2D eigenvalue weighted by molar-refractivity contribution is 9.10. The minimum atomic E-state index is -0.283. The molecule has 0 saturated heterocycles. The Labute approximate surface area is 95.6 Å². The molecule has 0 aromatic carbocycles. The van der Waals surface area contributed by atoms with E-state index in [2.05, 4.69) is 20.9 Å². The van der Waals surface area contributed by atoms with Crippen LogP contribution in [0.3, 0.4) is 0 Å². The molecule has 1 heterocycles. The van der Waals surface area contributed by atoms with Gasteiger partial charge in [-0.1, -0.05) is 11.6 Å². The molecule has 0 aliphatic rings. The molecule has 0 unspecified atom stereocenters. The van der Waals surface area contributed by atoms with Crippen molar-refractivity contribution in [3.8, 4) is 0 Å². The van der Waals surface area contributed by atoms with Crippen molar-refractivity contribution in [3.05, 3.63) is 27.5 Å². The minimum absolute atomic E-state index is 0.170. The van der Waals surface area contributed by atoms with Gasteiger partial charge in [-0.05, 0) is 35.0 Å². The van der Waals surface area contributed by atoms with E-state index in [1.54, 1.807) is 19.1 Å². The van der Waals surface area contributed by atoms with Crippen LogP contribution in [0.2, 0.25) is 5.02 Å². The number of nitrogens with zero attached hydrogens (tertiary/aromatic N) is 1. The third kappa shape index (κ3) is 3.27. The van der Waals surface area contributed by atoms with Crippen LogP contribution in [0, 0.1) is 0 Å². The molecule has 0 spiro atoms. The van der Waals surface area contributed by atoms with E-state index in [0.29, 0.717) is 21.9 Å². The number of esters is 1. The van der Waals surface area contributed by atoms with E-state index >= 15 is 0 Å². The molecule has 0 amide bonds. The Morgan fingerprint density at radius 3 is 2.93 bits per heavy atom. The number of aromatic nitrogens is 1. The van der Waals surface area contributed by atoms with Gasteiger partial charge in [0, 0.05) is 0 Å². The summed E-state index contributed by atoms with van der Waals surface area (Å²) in [6.45, 7) is 2.15. The molecule has 1 rings (SSSR count). The third-order valence-electron chi connectivity index (χ3n) is 1.49. The lowest BCUT2D eigenvalue weighted by Crippen LogP contribution is -2.08. The average Bonchev–Trinajstić information content (AvgIpc) is 2.12. The number of carbonyl (C=O) groups is 1. The molecule has 5 heteroatoms. The Balaban J connectivity index is 2.68. The Morgan fingerprint density at radius 1 is 1.64 bits per heavy atom. The maximum atomic E-state index is 11.1. The van der Waals surface area contributed by atoms with Crippen molar-refractivity contribution in [1.82, 2.24) is 4.98 Å². The van der Waals surface area contributed by atoms with Crippen molar-refractivity contribution >= 4 is 33.5 Å². The largest absolute Gasteiger partial charge is 0.466 e. The molecular weight excluding hydrogens is 269 g/mol. The van der Waals surface area contributed by atoms with Gasteiger partial charge in [0.25, 0.3) is 0 Å². The fourth-order valence-corrected chi connectivity index (χ4v) is 1.38. The summed E-state index contributed by atoms with van der Waals surface area (Å²) in [5, 5.41) is 0.526. The predicted molar refractivity (Wildman–Crippen MR) is 57.3 cm³/mol. The highest BCUT2D eigenvalue weighted by Crippen LogP contribution is 2.19. The van der Waals surface area contributed by atoms with E-state index in [-0.39, 0.29) is 12.4 Å². The Hall–Kier alpha value is -0.610. The number of rotatable bonds is 3. The molecule has 1 aromatic rings.